The highest BCUT2D eigenvalue weighted by molar-refractivity contribution is 7.90. The van der Waals surface area contributed by atoms with Crippen LogP contribution in [0.1, 0.15) is 38.4 Å². The van der Waals surface area contributed by atoms with Gasteiger partial charge < -0.3 is 14.2 Å². The summed E-state index contributed by atoms with van der Waals surface area (Å²) < 4.78 is 65.7. The van der Waals surface area contributed by atoms with Gasteiger partial charge >= 0.3 is 6.01 Å². The number of anilines is 1. The molecule has 4 aromatic rings. The van der Waals surface area contributed by atoms with E-state index in [2.05, 4.69) is 20.2 Å². The maximum atomic E-state index is 14.8. The number of fused-ring (bicyclic) bond motifs is 1. The van der Waals surface area contributed by atoms with Crippen molar-refractivity contribution >= 4 is 21.5 Å². The molecule has 1 aliphatic heterocycles. The van der Waals surface area contributed by atoms with E-state index in [-0.39, 0.29) is 28.8 Å². The van der Waals surface area contributed by atoms with Crippen LogP contribution in [0, 0.1) is 11.6 Å². The number of hydrogen-bond acceptors (Lipinski definition) is 9. The summed E-state index contributed by atoms with van der Waals surface area (Å²) in [5, 5.41) is 8.27. The van der Waals surface area contributed by atoms with Crippen LogP contribution in [-0.2, 0) is 9.84 Å². The fourth-order valence-corrected chi connectivity index (χ4v) is 4.82. The maximum absolute atomic E-state index is 14.8. The molecule has 0 aliphatic carbocycles. The Kier molecular flexibility index (Phi) is 6.10. The molecule has 0 spiro atoms. The summed E-state index contributed by atoms with van der Waals surface area (Å²) >= 11 is 0. The van der Waals surface area contributed by atoms with Gasteiger partial charge in [-0.3, -0.25) is 0 Å². The highest BCUT2D eigenvalue weighted by Gasteiger charge is 2.26. The number of ether oxygens (including phenoxy) is 1. The number of halogens is 2. The number of benzene rings is 1. The molecule has 3 aromatic heterocycles. The summed E-state index contributed by atoms with van der Waals surface area (Å²) in [6.07, 6.45) is 4.94. The van der Waals surface area contributed by atoms with Gasteiger partial charge in [0.2, 0.25) is 5.88 Å². The topological polar surface area (TPSA) is 116 Å². The minimum Gasteiger partial charge on any atom is -0.474 e. The number of sulfone groups is 1. The van der Waals surface area contributed by atoms with Crippen molar-refractivity contribution in [2.75, 3.05) is 24.2 Å². The van der Waals surface area contributed by atoms with Gasteiger partial charge in [-0.25, -0.2) is 22.2 Å². The van der Waals surface area contributed by atoms with Crippen LogP contribution in [0.25, 0.3) is 16.8 Å². The number of nitrogens with zero attached hydrogens (tertiary/aromatic N) is 6. The molecule has 1 aliphatic rings. The quantitative estimate of drug-likeness (QED) is 0.377. The maximum Gasteiger partial charge on any atom is 0.324 e. The fraction of sp³-hybridized carbons (Fsp3) is 0.391. The average Bonchev–Trinajstić information content (AvgIpc) is 3.49. The van der Waals surface area contributed by atoms with Crippen LogP contribution < -0.4 is 9.64 Å². The van der Waals surface area contributed by atoms with E-state index >= 15 is 0 Å². The van der Waals surface area contributed by atoms with E-state index in [0.29, 0.717) is 49.7 Å². The Morgan fingerprint density at radius 3 is 2.56 bits per heavy atom. The molecular weight excluding hydrogens is 494 g/mol. The summed E-state index contributed by atoms with van der Waals surface area (Å²) in [7, 11) is -3.92. The van der Waals surface area contributed by atoms with Crippen molar-refractivity contribution in [3.05, 3.63) is 48.1 Å². The third-order valence-electron chi connectivity index (χ3n) is 6.03. The molecule has 5 rings (SSSR count). The predicted octanol–water partition coefficient (Wildman–Crippen LogP) is 3.63. The molecule has 0 radical (unpaired) electrons. The molecule has 1 fully saturated rings. The van der Waals surface area contributed by atoms with E-state index in [0.717, 1.165) is 12.3 Å². The Labute approximate surface area is 205 Å². The van der Waals surface area contributed by atoms with Crippen molar-refractivity contribution in [3.63, 3.8) is 0 Å². The normalized spacial score (nSPS) is 15.2. The zero-order chi connectivity index (χ0) is 25.6. The van der Waals surface area contributed by atoms with E-state index < -0.39 is 26.4 Å². The Balaban J connectivity index is 1.35. The molecule has 1 saturated heterocycles. The minimum atomic E-state index is -3.92. The summed E-state index contributed by atoms with van der Waals surface area (Å²) in [4.78, 5) is 10.0. The summed E-state index contributed by atoms with van der Waals surface area (Å²) in [6, 6.07) is 3.66. The van der Waals surface area contributed by atoms with Crippen LogP contribution in [0.15, 0.2) is 40.0 Å². The van der Waals surface area contributed by atoms with Gasteiger partial charge in [0.15, 0.2) is 21.3 Å². The van der Waals surface area contributed by atoms with Crippen molar-refractivity contribution in [3.8, 4) is 17.0 Å². The van der Waals surface area contributed by atoms with Crippen molar-refractivity contribution in [2.24, 2.45) is 0 Å². The first-order valence-electron chi connectivity index (χ1n) is 11.4. The van der Waals surface area contributed by atoms with Crippen LogP contribution in [0.5, 0.6) is 5.88 Å². The summed E-state index contributed by atoms with van der Waals surface area (Å²) in [5.74, 6) is -0.695. The second-order valence-electron chi connectivity index (χ2n) is 9.01. The number of piperidine rings is 1. The third kappa shape index (κ3) is 4.50. The number of aromatic nitrogens is 5. The lowest BCUT2D eigenvalue weighted by atomic mass is 10.1. The summed E-state index contributed by atoms with van der Waals surface area (Å²) in [6.45, 7) is 5.33. The molecule has 36 heavy (non-hydrogen) atoms. The standard InChI is InChI=1S/C23H24F2N6O4S/c1-13(2)21-28-23(35-29-21)30-8-5-14(6-9-30)34-20-4-7-26-22-16(12-27-31(20)22)15-10-18(25)19(11-17(15)24)36(3,32)33/h4,7,10-14H,5-6,8-9H2,1-3H3. The highest BCUT2D eigenvalue weighted by Crippen LogP contribution is 2.31. The van der Waals surface area contributed by atoms with Crippen LogP contribution in [0.4, 0.5) is 14.8 Å². The van der Waals surface area contributed by atoms with Gasteiger partial charge in [-0.1, -0.05) is 19.0 Å². The van der Waals surface area contributed by atoms with Crippen molar-refractivity contribution in [1.82, 2.24) is 24.7 Å². The smallest absolute Gasteiger partial charge is 0.324 e. The minimum absolute atomic E-state index is 0.116. The van der Waals surface area contributed by atoms with Gasteiger partial charge in [0.1, 0.15) is 22.6 Å². The first kappa shape index (κ1) is 24.1. The first-order chi connectivity index (χ1) is 17.1. The van der Waals surface area contributed by atoms with E-state index in [1.54, 1.807) is 6.07 Å². The van der Waals surface area contributed by atoms with Gasteiger partial charge in [-0.2, -0.15) is 14.6 Å². The zero-order valence-corrected chi connectivity index (χ0v) is 20.7. The van der Waals surface area contributed by atoms with Gasteiger partial charge in [0.05, 0.1) is 6.20 Å². The van der Waals surface area contributed by atoms with Crippen molar-refractivity contribution < 1.29 is 26.5 Å². The van der Waals surface area contributed by atoms with Gasteiger partial charge in [0, 0.05) is 61.5 Å². The molecule has 0 unspecified atom stereocenters. The Morgan fingerprint density at radius 2 is 1.89 bits per heavy atom. The molecule has 0 N–H and O–H groups in total. The van der Waals surface area contributed by atoms with Crippen LogP contribution in [0.2, 0.25) is 0 Å². The monoisotopic (exact) mass is 518 g/mol. The van der Waals surface area contributed by atoms with Crippen molar-refractivity contribution in [2.45, 2.75) is 43.6 Å². The van der Waals surface area contributed by atoms with E-state index in [1.165, 1.54) is 16.9 Å². The largest absolute Gasteiger partial charge is 0.474 e. The van der Waals surface area contributed by atoms with E-state index in [1.807, 2.05) is 18.7 Å². The summed E-state index contributed by atoms with van der Waals surface area (Å²) in [5.41, 5.74) is 0.319. The molecule has 0 amide bonds. The van der Waals surface area contributed by atoms with Crippen molar-refractivity contribution in [1.29, 1.82) is 0 Å². The van der Waals surface area contributed by atoms with E-state index in [4.69, 9.17) is 9.26 Å². The van der Waals surface area contributed by atoms with Crippen LogP contribution >= 0.6 is 0 Å². The molecule has 0 bridgehead atoms. The molecule has 190 valence electrons. The van der Waals surface area contributed by atoms with Gasteiger partial charge in [0.25, 0.3) is 0 Å². The molecular formula is C23H24F2N6O4S. The zero-order valence-electron chi connectivity index (χ0n) is 19.9. The molecule has 1 aromatic carbocycles. The van der Waals surface area contributed by atoms with Crippen LogP contribution in [0.3, 0.4) is 0 Å². The molecule has 10 nitrogen and oxygen atoms in total. The lowest BCUT2D eigenvalue weighted by Crippen LogP contribution is -2.38. The molecule has 4 heterocycles. The van der Waals surface area contributed by atoms with Gasteiger partial charge in [-0.15, -0.1) is 0 Å². The Morgan fingerprint density at radius 1 is 1.14 bits per heavy atom. The molecule has 0 saturated carbocycles. The molecule has 13 heteroatoms. The fourth-order valence-electron chi connectivity index (χ4n) is 4.09. The van der Waals surface area contributed by atoms with Crippen LogP contribution in [-0.4, -0.2) is 58.6 Å². The first-order valence-corrected chi connectivity index (χ1v) is 13.3. The third-order valence-corrected chi connectivity index (χ3v) is 7.14. The van der Waals surface area contributed by atoms with E-state index in [9.17, 15) is 17.2 Å². The lowest BCUT2D eigenvalue weighted by molar-refractivity contribution is 0.158. The second-order valence-corrected chi connectivity index (χ2v) is 11.0. The molecule has 0 atom stereocenters. The average molecular weight is 519 g/mol. The predicted molar refractivity (Wildman–Crippen MR) is 126 cm³/mol. The number of hydrogen-bond donors (Lipinski definition) is 0. The lowest BCUT2D eigenvalue weighted by Gasteiger charge is -2.30. The Hall–Kier alpha value is -3.61. The van der Waals surface area contributed by atoms with Gasteiger partial charge in [-0.05, 0) is 12.1 Å². The highest BCUT2D eigenvalue weighted by atomic mass is 32.2. The number of rotatable bonds is 6. The SMILES string of the molecule is CC(C)c1noc(N2CCC(Oc3ccnc4c(-c5cc(F)c(S(C)(=O)=O)cc5F)cnn34)CC2)n1. The second kappa shape index (κ2) is 9.12. The Bertz CT molecular complexity index is 1530.